The zero-order valence-corrected chi connectivity index (χ0v) is 73.1. The summed E-state index contributed by atoms with van der Waals surface area (Å²) in [4.78, 5) is 111. The van der Waals surface area contributed by atoms with Crippen molar-refractivity contribution in [2.45, 2.75) is 238 Å². The van der Waals surface area contributed by atoms with E-state index in [0.29, 0.717) is 97.5 Å². The number of hydrogen-bond acceptors (Lipinski definition) is 17. The third kappa shape index (κ3) is 15.7. The van der Waals surface area contributed by atoms with Gasteiger partial charge < -0.3 is 0 Å². The SMILES string of the molecule is CC(C)c1cc2c(=O)n(C(C)C)c3nccn3c2cn1.CC(C)c1ccc2c(c1)c(=O)n(C(C)C)c1nccn21.CC(C)c1ccc2c(c1)c(=O)n(C(C)C)c1ncnn21.CC(C)c1ccc2c(c1)c(=O)n(C(C)C)c1nncn21.CC(C)c1ccc2c(n1)c(=O)n(C(C)C)c1nccn21.CC(C)c1cnc2c(c1)c(=O)n(C(C)C)c1nccn21. The van der Waals surface area contributed by atoms with Crippen molar-refractivity contribution in [2.75, 3.05) is 0 Å². The maximum Gasteiger partial charge on any atom is 0.281 e. The number of aromatic nitrogens is 23. The second kappa shape index (κ2) is 34.2. The molecule has 0 aliphatic rings. The first-order valence-electron chi connectivity index (χ1n) is 41.4. The Bertz CT molecular complexity index is 6170. The minimum absolute atomic E-state index is 0.00185. The molecular formula is C91H109N23O6. The van der Waals surface area contributed by atoms with E-state index in [4.69, 9.17) is 0 Å². The zero-order chi connectivity index (χ0) is 86.6. The fourth-order valence-electron chi connectivity index (χ4n) is 15.1. The summed E-state index contributed by atoms with van der Waals surface area (Å²) in [6.07, 6.45) is 21.1. The third-order valence-electron chi connectivity index (χ3n) is 21.7. The van der Waals surface area contributed by atoms with Crippen LogP contribution in [0.4, 0.5) is 0 Å². The van der Waals surface area contributed by atoms with E-state index in [0.717, 1.165) is 66.4 Å². The molecule has 0 saturated carbocycles. The molecule has 0 aliphatic heterocycles. The van der Waals surface area contributed by atoms with Gasteiger partial charge in [0.05, 0.1) is 60.7 Å². The van der Waals surface area contributed by atoms with Crippen molar-refractivity contribution in [2.24, 2.45) is 0 Å². The third-order valence-corrected chi connectivity index (χ3v) is 21.7. The number of nitrogens with zero attached hydrogens (tertiary/aromatic N) is 23. The maximum absolute atomic E-state index is 12.8. The Morgan fingerprint density at radius 2 is 0.650 bits per heavy atom. The van der Waals surface area contributed by atoms with E-state index in [9.17, 15) is 28.8 Å². The van der Waals surface area contributed by atoms with E-state index in [-0.39, 0.29) is 69.6 Å². The fourth-order valence-corrected chi connectivity index (χ4v) is 15.1. The Morgan fingerprint density at radius 3 is 1.11 bits per heavy atom. The Hall–Kier alpha value is -13.0. The van der Waals surface area contributed by atoms with Crippen molar-refractivity contribution in [1.82, 2.24) is 109 Å². The second-order valence-electron chi connectivity index (χ2n) is 34.1. The van der Waals surface area contributed by atoms with Gasteiger partial charge in [-0.15, -0.1) is 10.2 Å². The van der Waals surface area contributed by atoms with Gasteiger partial charge in [-0.25, -0.2) is 29.9 Å². The molecule has 29 heteroatoms. The lowest BCUT2D eigenvalue weighted by Crippen LogP contribution is -2.25. The monoisotopic (exact) mass is 1620 g/mol. The Morgan fingerprint density at radius 1 is 0.283 bits per heavy atom. The number of pyridine rings is 3. The van der Waals surface area contributed by atoms with E-state index in [1.807, 2.05) is 203 Å². The summed E-state index contributed by atoms with van der Waals surface area (Å²) >= 11 is 0. The van der Waals surface area contributed by atoms with E-state index in [1.165, 1.54) is 11.9 Å². The normalized spacial score (nSPS) is 12.1. The molecule has 18 rings (SSSR count). The molecule has 0 unspecified atom stereocenters. The van der Waals surface area contributed by atoms with E-state index in [1.54, 1.807) is 69.2 Å². The molecule has 0 amide bonds. The van der Waals surface area contributed by atoms with Crippen LogP contribution in [0.2, 0.25) is 0 Å². The summed E-state index contributed by atoms with van der Waals surface area (Å²) in [6.45, 7) is 49.1. The summed E-state index contributed by atoms with van der Waals surface area (Å²) in [6, 6.07) is 26.2. The molecule has 0 atom stereocenters. The predicted molar refractivity (Wildman–Crippen MR) is 478 cm³/mol. The average Bonchev–Trinajstić information content (AvgIpc) is 1.48. The highest BCUT2D eigenvalue weighted by Crippen LogP contribution is 2.28. The van der Waals surface area contributed by atoms with Crippen molar-refractivity contribution < 1.29 is 0 Å². The number of fused-ring (bicyclic) bond motifs is 18. The van der Waals surface area contributed by atoms with Gasteiger partial charge in [0.15, 0.2) is 11.2 Å². The van der Waals surface area contributed by atoms with Crippen LogP contribution in [0.5, 0.6) is 0 Å². The average molecular weight is 1620 g/mol. The number of imidazole rings is 4. The zero-order valence-electron chi connectivity index (χ0n) is 73.1. The van der Waals surface area contributed by atoms with Crippen LogP contribution in [-0.4, -0.2) is 109 Å². The van der Waals surface area contributed by atoms with Gasteiger partial charge in [-0.3, -0.25) is 83.2 Å². The van der Waals surface area contributed by atoms with Gasteiger partial charge >= 0.3 is 0 Å². The lowest BCUT2D eigenvalue weighted by molar-refractivity contribution is 0.586. The molecule has 3 aromatic carbocycles. The molecule has 0 bridgehead atoms. The minimum atomic E-state index is -0.0730. The minimum Gasteiger partial charge on any atom is -0.285 e. The van der Waals surface area contributed by atoms with Crippen LogP contribution in [0.25, 0.3) is 100 Å². The molecule has 0 saturated heterocycles. The summed E-state index contributed by atoms with van der Waals surface area (Å²) in [5.74, 6) is 5.98. The van der Waals surface area contributed by atoms with Crippen LogP contribution >= 0.6 is 0 Å². The van der Waals surface area contributed by atoms with E-state index < -0.39 is 0 Å². The maximum atomic E-state index is 12.8. The summed E-state index contributed by atoms with van der Waals surface area (Å²) in [5.41, 5.74) is 11.8. The summed E-state index contributed by atoms with van der Waals surface area (Å²) in [5, 5.41) is 15.8. The van der Waals surface area contributed by atoms with Gasteiger partial charge in [-0.2, -0.15) is 14.6 Å². The first-order chi connectivity index (χ1) is 57.0. The molecular weight excluding hydrogens is 1510 g/mol. The van der Waals surface area contributed by atoms with Gasteiger partial charge in [0.25, 0.3) is 33.4 Å². The highest BCUT2D eigenvalue weighted by molar-refractivity contribution is 5.84. The number of benzene rings is 3. The standard InChI is InChI=1S/C16H19N3O.5C15H18N4O/c1-10(2)12-5-6-14-13(9-12)15(20)19(11(3)4)16-17-7-8-18(14)16;1-9(2)12-7-11-13(8-17-12)18-6-5-16-15(18)19(10(3)4)14(11)20;1-9(2)11-7-12-13(17-8-11)18-6-5-16-15(18)19(10(3)4)14(12)20;1-9(2)11-5-6-13-12(7-11)14(20)19(10(3)4)15-17-16-8-18(13)15;1-9(2)11-5-6-13-12(7-11)14(20)18(10(3)4)15-16-8-17-19(13)15;1-9(2)11-5-6-12-13(17-11)14(20)19(10(3)4)15-16-7-8-18(12)15/h5-11H,1-4H3;5*5-10H,1-4H3. The van der Waals surface area contributed by atoms with Crippen LogP contribution in [0, 0.1) is 0 Å². The van der Waals surface area contributed by atoms with Crippen molar-refractivity contribution in [3.63, 3.8) is 0 Å². The Labute approximate surface area is 693 Å². The van der Waals surface area contributed by atoms with Crippen LogP contribution in [0.15, 0.2) is 182 Å². The first-order valence-corrected chi connectivity index (χ1v) is 41.4. The molecule has 120 heavy (non-hydrogen) atoms. The first kappa shape index (κ1) is 84.9. The van der Waals surface area contributed by atoms with Crippen LogP contribution in [0.3, 0.4) is 0 Å². The van der Waals surface area contributed by atoms with Crippen LogP contribution in [0.1, 0.15) is 272 Å². The van der Waals surface area contributed by atoms with Gasteiger partial charge in [0.2, 0.25) is 34.7 Å². The van der Waals surface area contributed by atoms with Crippen molar-refractivity contribution in [3.05, 3.63) is 249 Å². The molecule has 624 valence electrons. The topological polar surface area (TPSA) is 300 Å². The molecule has 15 heterocycles. The highest BCUT2D eigenvalue weighted by Gasteiger charge is 2.23. The molecule has 29 nitrogen and oxygen atoms in total. The van der Waals surface area contributed by atoms with Gasteiger partial charge in [-0.05, 0) is 202 Å². The van der Waals surface area contributed by atoms with Crippen molar-refractivity contribution >= 4 is 100 Å². The predicted octanol–water partition coefficient (Wildman–Crippen LogP) is 17.1. The lowest BCUT2D eigenvalue weighted by Gasteiger charge is -2.15. The largest absolute Gasteiger partial charge is 0.285 e. The molecule has 18 aromatic rings. The molecule has 15 aromatic heterocycles. The van der Waals surface area contributed by atoms with Gasteiger partial charge in [-0.1, -0.05) is 101 Å². The van der Waals surface area contributed by atoms with Crippen molar-refractivity contribution in [3.8, 4) is 0 Å². The fraction of sp³-hybridized carbons (Fsp3) is 0.396. The number of hydrogen-bond donors (Lipinski definition) is 0. The highest BCUT2D eigenvalue weighted by atomic mass is 16.2. The Balaban J connectivity index is 0.000000124. The quantitative estimate of drug-likeness (QED) is 0.110. The Kier molecular flexibility index (Phi) is 24.2. The van der Waals surface area contributed by atoms with E-state index >= 15 is 0 Å². The summed E-state index contributed by atoms with van der Waals surface area (Å²) in [7, 11) is 0. The van der Waals surface area contributed by atoms with Gasteiger partial charge in [0, 0.05) is 103 Å². The molecule has 0 aliphatic carbocycles. The molecule has 0 radical (unpaired) electrons. The van der Waals surface area contributed by atoms with Crippen LogP contribution in [-0.2, 0) is 0 Å². The molecule has 0 spiro atoms. The van der Waals surface area contributed by atoms with E-state index in [2.05, 4.69) is 150 Å². The lowest BCUT2D eigenvalue weighted by atomic mass is 10.0. The van der Waals surface area contributed by atoms with Crippen molar-refractivity contribution in [1.29, 1.82) is 0 Å². The summed E-state index contributed by atoms with van der Waals surface area (Å²) < 4.78 is 21.6. The van der Waals surface area contributed by atoms with Crippen LogP contribution < -0.4 is 33.4 Å². The van der Waals surface area contributed by atoms with Gasteiger partial charge in [0.1, 0.15) is 12.7 Å². The number of rotatable bonds is 12. The molecule has 0 N–H and O–H groups in total. The molecule has 0 fully saturated rings. The smallest absolute Gasteiger partial charge is 0.281 e. The second-order valence-corrected chi connectivity index (χ2v) is 34.1.